The quantitative estimate of drug-likeness (QED) is 0.222. The van der Waals surface area contributed by atoms with Gasteiger partial charge in [-0.15, -0.1) is 0 Å². The van der Waals surface area contributed by atoms with E-state index in [0.717, 1.165) is 12.1 Å². The highest BCUT2D eigenvalue weighted by atomic mass is 32.3. The van der Waals surface area contributed by atoms with Crippen molar-refractivity contribution in [2.45, 2.75) is 30.5 Å². The molecular weight excluding hydrogens is 492 g/mol. The fourth-order valence-corrected chi connectivity index (χ4v) is 4.43. The van der Waals surface area contributed by atoms with Crippen molar-refractivity contribution in [1.29, 1.82) is 0 Å². The zero-order chi connectivity index (χ0) is 25.7. The Kier molecular flexibility index (Phi) is 6.46. The van der Waals surface area contributed by atoms with Crippen LogP contribution in [0.2, 0.25) is 0 Å². The summed E-state index contributed by atoms with van der Waals surface area (Å²) < 4.78 is 47.9. The highest BCUT2D eigenvalue weighted by molar-refractivity contribution is 7.80. The van der Waals surface area contributed by atoms with Crippen LogP contribution in [0.1, 0.15) is 11.7 Å². The van der Waals surface area contributed by atoms with E-state index in [9.17, 15) is 48.4 Å². The molecule has 1 fully saturated rings. The van der Waals surface area contributed by atoms with Crippen molar-refractivity contribution in [3.8, 4) is 28.6 Å². The molecule has 14 heteroatoms. The molecule has 4 rings (SSSR count). The van der Waals surface area contributed by atoms with Gasteiger partial charge in [-0.25, -0.2) is 4.18 Å². The first-order chi connectivity index (χ1) is 16.4. The van der Waals surface area contributed by atoms with Gasteiger partial charge in [0, 0.05) is 17.7 Å². The van der Waals surface area contributed by atoms with Crippen molar-refractivity contribution in [2.24, 2.45) is 0 Å². The summed E-state index contributed by atoms with van der Waals surface area (Å²) >= 11 is 0. The lowest BCUT2D eigenvalue weighted by atomic mass is 9.89. The monoisotopic (exact) mass is 512 g/mol. The van der Waals surface area contributed by atoms with E-state index in [1.165, 1.54) is 24.3 Å². The Morgan fingerprint density at radius 2 is 1.63 bits per heavy atom. The first-order valence-corrected chi connectivity index (χ1v) is 11.4. The lowest BCUT2D eigenvalue weighted by Gasteiger charge is -2.41. The lowest BCUT2D eigenvalue weighted by Crippen LogP contribution is -2.56. The summed E-state index contributed by atoms with van der Waals surface area (Å²) in [6.45, 7) is -0.854. The minimum Gasteiger partial charge on any atom is -0.508 e. The SMILES string of the molecule is O=c1cc(-c2ccc(O)cc2)oc2c([C@@H]3O[C@H](CO)[C@@H](O)[C@H](O)C3OS(=O)(=O)O)c(O)cc(O)c12. The summed E-state index contributed by atoms with van der Waals surface area (Å²) in [6.07, 6.45) is -9.36. The van der Waals surface area contributed by atoms with E-state index in [1.807, 2.05) is 0 Å². The standard InChI is InChI=1S/C21H20O13S/c22-7-14-17(27)18(28)21(34-35(29,30)31)20(33-14)16-11(25)5-10(24)15-12(26)6-13(32-19(15)16)8-1-3-9(23)4-2-8/h1-6,14,17-18,20-25,27-28H,7H2,(H,29,30,31)/t14-,17-,18+,20+,21?/m1/s1. The predicted octanol–water partition coefficient (Wildman–Crippen LogP) is -0.0812. The Morgan fingerprint density at radius 3 is 2.23 bits per heavy atom. The van der Waals surface area contributed by atoms with Gasteiger partial charge in [-0.2, -0.15) is 8.42 Å². The number of aliphatic hydroxyl groups excluding tert-OH is 3. The lowest BCUT2D eigenvalue weighted by molar-refractivity contribution is -0.225. The van der Waals surface area contributed by atoms with Crippen molar-refractivity contribution in [3.05, 3.63) is 52.2 Å². The highest BCUT2D eigenvalue weighted by Crippen LogP contribution is 2.44. The molecule has 1 aliphatic heterocycles. The van der Waals surface area contributed by atoms with Crippen molar-refractivity contribution >= 4 is 21.4 Å². The van der Waals surface area contributed by atoms with Gasteiger partial charge in [-0.3, -0.25) is 9.35 Å². The molecule has 7 N–H and O–H groups in total. The molecule has 188 valence electrons. The maximum absolute atomic E-state index is 12.9. The summed E-state index contributed by atoms with van der Waals surface area (Å²) in [5, 5.41) is 60.2. The fourth-order valence-electron chi connectivity index (χ4n) is 3.94. The van der Waals surface area contributed by atoms with Gasteiger partial charge in [0.25, 0.3) is 0 Å². The number of rotatable bonds is 5. The minimum absolute atomic E-state index is 0.0729. The molecule has 0 saturated carbocycles. The summed E-state index contributed by atoms with van der Waals surface area (Å²) in [6, 6.07) is 7.21. The van der Waals surface area contributed by atoms with Gasteiger partial charge in [-0.05, 0) is 24.3 Å². The van der Waals surface area contributed by atoms with E-state index in [-0.39, 0.29) is 11.5 Å². The minimum atomic E-state index is -5.24. The molecule has 0 amide bonds. The number of hydrogen-bond acceptors (Lipinski definition) is 12. The van der Waals surface area contributed by atoms with Crippen LogP contribution < -0.4 is 5.43 Å². The Labute approximate surface area is 196 Å². The largest absolute Gasteiger partial charge is 0.508 e. The Bertz CT molecular complexity index is 1410. The molecule has 3 aromatic rings. The number of hydrogen-bond donors (Lipinski definition) is 7. The molecule has 5 atom stereocenters. The smallest absolute Gasteiger partial charge is 0.397 e. The van der Waals surface area contributed by atoms with Crippen molar-refractivity contribution in [2.75, 3.05) is 6.61 Å². The van der Waals surface area contributed by atoms with E-state index in [4.69, 9.17) is 9.15 Å². The second-order valence-corrected chi connectivity index (χ2v) is 8.85. The zero-order valence-corrected chi connectivity index (χ0v) is 18.4. The van der Waals surface area contributed by atoms with E-state index in [1.54, 1.807) is 0 Å². The Morgan fingerprint density at radius 1 is 0.971 bits per heavy atom. The third-order valence-electron chi connectivity index (χ3n) is 5.53. The molecule has 1 unspecified atom stereocenters. The van der Waals surface area contributed by atoms with Crippen LogP contribution in [0.15, 0.2) is 45.6 Å². The van der Waals surface area contributed by atoms with E-state index in [2.05, 4.69) is 4.18 Å². The van der Waals surface area contributed by atoms with Crippen molar-refractivity contribution < 1.29 is 56.9 Å². The molecule has 0 spiro atoms. The summed E-state index contributed by atoms with van der Waals surface area (Å²) in [7, 11) is -5.24. The molecule has 2 aromatic carbocycles. The van der Waals surface area contributed by atoms with Crippen LogP contribution in [0.25, 0.3) is 22.3 Å². The van der Waals surface area contributed by atoms with Gasteiger partial charge in [0.05, 0.1) is 12.2 Å². The third kappa shape index (κ3) is 4.68. The van der Waals surface area contributed by atoms with Gasteiger partial charge in [0.1, 0.15) is 58.9 Å². The second-order valence-electron chi connectivity index (χ2n) is 7.80. The molecule has 1 aromatic heterocycles. The van der Waals surface area contributed by atoms with Gasteiger partial charge in [0.15, 0.2) is 11.0 Å². The highest BCUT2D eigenvalue weighted by Gasteiger charge is 2.49. The topological polar surface area (TPSA) is 224 Å². The second kappa shape index (κ2) is 9.09. The number of fused-ring (bicyclic) bond motifs is 1. The molecule has 0 bridgehead atoms. The first-order valence-electron chi connectivity index (χ1n) is 10.0. The van der Waals surface area contributed by atoms with Crippen LogP contribution >= 0.6 is 0 Å². The normalized spacial score (nSPS) is 25.1. The number of benzene rings is 2. The average molecular weight is 512 g/mol. The van der Waals surface area contributed by atoms with E-state index >= 15 is 0 Å². The molecule has 1 aliphatic rings. The molecule has 35 heavy (non-hydrogen) atoms. The number of aliphatic hydroxyl groups is 3. The van der Waals surface area contributed by atoms with Crippen LogP contribution in [-0.2, 0) is 19.3 Å². The molecule has 2 heterocycles. The van der Waals surface area contributed by atoms with Crippen LogP contribution in [0.3, 0.4) is 0 Å². The predicted molar refractivity (Wildman–Crippen MR) is 116 cm³/mol. The maximum Gasteiger partial charge on any atom is 0.397 e. The first kappa shape index (κ1) is 24.9. The molecule has 0 radical (unpaired) electrons. The summed E-state index contributed by atoms with van der Waals surface area (Å²) in [5.41, 5.74) is -1.45. The van der Waals surface area contributed by atoms with Gasteiger partial charge in [-0.1, -0.05) is 0 Å². The van der Waals surface area contributed by atoms with Gasteiger partial charge < -0.3 is 39.8 Å². The maximum atomic E-state index is 12.9. The third-order valence-corrected chi connectivity index (χ3v) is 6.00. The average Bonchev–Trinajstić information content (AvgIpc) is 2.77. The molecular formula is C21H20O13S. The van der Waals surface area contributed by atoms with E-state index in [0.29, 0.717) is 5.56 Å². The zero-order valence-electron chi connectivity index (χ0n) is 17.5. The summed E-state index contributed by atoms with van der Waals surface area (Å²) in [4.78, 5) is 12.9. The number of aromatic hydroxyl groups is 3. The molecule has 0 aliphatic carbocycles. The number of phenols is 3. The van der Waals surface area contributed by atoms with Crippen LogP contribution in [0.4, 0.5) is 0 Å². The number of ether oxygens (including phenoxy) is 1. The van der Waals surface area contributed by atoms with Crippen molar-refractivity contribution in [1.82, 2.24) is 0 Å². The fraction of sp³-hybridized carbons (Fsp3) is 0.286. The van der Waals surface area contributed by atoms with Crippen LogP contribution in [0, 0.1) is 0 Å². The van der Waals surface area contributed by atoms with Crippen molar-refractivity contribution in [3.63, 3.8) is 0 Å². The summed E-state index contributed by atoms with van der Waals surface area (Å²) in [5.74, 6) is -1.64. The van der Waals surface area contributed by atoms with Gasteiger partial charge >= 0.3 is 10.4 Å². The Hall–Kier alpha value is -3.24. The van der Waals surface area contributed by atoms with Gasteiger partial charge in [0.2, 0.25) is 0 Å². The van der Waals surface area contributed by atoms with Crippen LogP contribution in [-0.4, -0.2) is 74.6 Å². The van der Waals surface area contributed by atoms with E-state index < -0.39 is 81.0 Å². The Balaban J connectivity index is 2.00. The number of phenolic OH excluding ortho intramolecular Hbond substituents is 3. The van der Waals surface area contributed by atoms with Crippen LogP contribution in [0.5, 0.6) is 17.2 Å². The molecule has 13 nitrogen and oxygen atoms in total. The molecule has 1 saturated heterocycles.